The molecule has 1 aliphatic carbocycles. The van der Waals surface area contributed by atoms with Crippen molar-refractivity contribution in [1.82, 2.24) is 15.6 Å². The first kappa shape index (κ1) is 11.9. The maximum absolute atomic E-state index is 11.4. The number of nitrogens with one attached hydrogen (secondary N) is 2. The van der Waals surface area contributed by atoms with Gasteiger partial charge in [0.05, 0.1) is 12.2 Å². The molecular weight excluding hydrogens is 248 g/mol. The van der Waals surface area contributed by atoms with Gasteiger partial charge in [-0.1, -0.05) is 11.3 Å². The zero-order valence-electron chi connectivity index (χ0n) is 10.5. The average Bonchev–Trinajstić information content (AvgIpc) is 2.82. The Morgan fingerprint density at radius 2 is 2.44 bits per heavy atom. The van der Waals surface area contributed by atoms with Gasteiger partial charge in [-0.3, -0.25) is 4.79 Å². The fourth-order valence-electron chi connectivity index (χ4n) is 2.62. The summed E-state index contributed by atoms with van der Waals surface area (Å²) in [6, 6.07) is 0.443. The van der Waals surface area contributed by atoms with Crippen LogP contribution in [0.2, 0.25) is 0 Å². The second kappa shape index (κ2) is 4.85. The lowest BCUT2D eigenvalue weighted by molar-refractivity contribution is -0.120. The minimum Gasteiger partial charge on any atom is -0.353 e. The molecule has 1 atom stereocenters. The smallest absolute Gasteiger partial charge is 0.239 e. The van der Waals surface area contributed by atoms with Crippen LogP contribution >= 0.6 is 11.3 Å². The van der Waals surface area contributed by atoms with Crippen LogP contribution in [0.4, 0.5) is 5.13 Å². The van der Waals surface area contributed by atoms with E-state index in [1.807, 2.05) is 7.05 Å². The Balaban J connectivity index is 1.85. The van der Waals surface area contributed by atoms with Crippen LogP contribution < -0.4 is 15.5 Å². The fraction of sp³-hybridized carbons (Fsp3) is 0.667. The summed E-state index contributed by atoms with van der Waals surface area (Å²) in [5.41, 5.74) is 1.23. The van der Waals surface area contributed by atoms with Crippen LogP contribution in [0, 0.1) is 0 Å². The van der Waals surface area contributed by atoms with E-state index in [4.69, 9.17) is 4.98 Å². The molecule has 98 valence electrons. The Morgan fingerprint density at radius 3 is 3.22 bits per heavy atom. The molecule has 1 unspecified atom stereocenters. The molecule has 1 saturated heterocycles. The van der Waals surface area contributed by atoms with Crippen LogP contribution in [0.1, 0.15) is 29.5 Å². The summed E-state index contributed by atoms with van der Waals surface area (Å²) < 4.78 is 0. The van der Waals surface area contributed by atoms with Crippen LogP contribution in [0.15, 0.2) is 0 Å². The molecule has 0 saturated carbocycles. The molecular formula is C12H18N4OS. The third-order valence-corrected chi connectivity index (χ3v) is 4.87. The Kier molecular flexibility index (Phi) is 3.22. The number of aryl methyl sites for hydroxylation is 1. The van der Waals surface area contributed by atoms with Crippen molar-refractivity contribution in [2.75, 3.05) is 31.6 Å². The Labute approximate surface area is 111 Å². The number of carbonyl (C=O) groups is 1. The first-order valence-corrected chi connectivity index (χ1v) is 7.28. The van der Waals surface area contributed by atoms with E-state index in [-0.39, 0.29) is 5.91 Å². The second-order valence-electron chi connectivity index (χ2n) is 4.81. The highest BCUT2D eigenvalue weighted by atomic mass is 32.1. The van der Waals surface area contributed by atoms with Gasteiger partial charge >= 0.3 is 0 Å². The molecule has 0 bridgehead atoms. The van der Waals surface area contributed by atoms with E-state index in [0.717, 1.165) is 24.6 Å². The van der Waals surface area contributed by atoms with Crippen molar-refractivity contribution in [3.05, 3.63) is 10.6 Å². The van der Waals surface area contributed by atoms with Gasteiger partial charge < -0.3 is 15.5 Å². The van der Waals surface area contributed by atoms with Crippen molar-refractivity contribution < 1.29 is 4.79 Å². The summed E-state index contributed by atoms with van der Waals surface area (Å²) in [6.45, 7) is 2.03. The number of fused-ring (bicyclic) bond motifs is 1. The molecule has 0 radical (unpaired) electrons. The summed E-state index contributed by atoms with van der Waals surface area (Å²) in [5, 5.41) is 7.22. The largest absolute Gasteiger partial charge is 0.353 e. The molecule has 1 fully saturated rings. The molecule has 1 aromatic heterocycles. The number of amides is 1. The number of rotatable bonds is 2. The number of nitrogens with zero attached hydrogens (tertiary/aromatic N) is 2. The van der Waals surface area contributed by atoms with E-state index >= 15 is 0 Å². The maximum Gasteiger partial charge on any atom is 0.239 e. The lowest BCUT2D eigenvalue weighted by atomic mass is 9.98. The van der Waals surface area contributed by atoms with Gasteiger partial charge in [0.2, 0.25) is 5.91 Å². The highest BCUT2D eigenvalue weighted by Crippen LogP contribution is 2.37. The predicted molar refractivity (Wildman–Crippen MR) is 72.1 cm³/mol. The second-order valence-corrected chi connectivity index (χ2v) is 5.82. The molecule has 2 heterocycles. The summed E-state index contributed by atoms with van der Waals surface area (Å²) in [6.07, 6.45) is 3.46. The van der Waals surface area contributed by atoms with Crippen molar-refractivity contribution in [3.8, 4) is 0 Å². The van der Waals surface area contributed by atoms with Gasteiger partial charge in [-0.2, -0.15) is 0 Å². The maximum atomic E-state index is 11.4. The fourth-order valence-corrected chi connectivity index (χ4v) is 3.90. The van der Waals surface area contributed by atoms with Crippen molar-refractivity contribution in [2.45, 2.75) is 25.3 Å². The Bertz CT molecular complexity index is 459. The number of hydrogen-bond acceptors (Lipinski definition) is 5. The number of thiazole rings is 1. The van der Waals surface area contributed by atoms with Gasteiger partial charge in [0.1, 0.15) is 0 Å². The van der Waals surface area contributed by atoms with Gasteiger partial charge in [-0.15, -0.1) is 0 Å². The van der Waals surface area contributed by atoms with Gasteiger partial charge in [-0.25, -0.2) is 4.98 Å². The van der Waals surface area contributed by atoms with Crippen LogP contribution in [-0.2, 0) is 11.2 Å². The highest BCUT2D eigenvalue weighted by Gasteiger charge is 2.26. The molecule has 2 N–H and O–H groups in total. The summed E-state index contributed by atoms with van der Waals surface area (Å²) in [4.78, 5) is 19.6. The van der Waals surface area contributed by atoms with Gasteiger partial charge in [0, 0.05) is 24.0 Å². The first-order chi connectivity index (χ1) is 8.78. The number of carbonyl (C=O) groups excluding carboxylic acids is 1. The summed E-state index contributed by atoms with van der Waals surface area (Å²) >= 11 is 1.75. The van der Waals surface area contributed by atoms with Crippen molar-refractivity contribution in [2.24, 2.45) is 0 Å². The van der Waals surface area contributed by atoms with E-state index in [9.17, 15) is 4.79 Å². The molecule has 18 heavy (non-hydrogen) atoms. The summed E-state index contributed by atoms with van der Waals surface area (Å²) in [5.74, 6) is 0.0968. The number of piperazine rings is 1. The van der Waals surface area contributed by atoms with Crippen molar-refractivity contribution >= 4 is 22.4 Å². The molecule has 1 aliphatic heterocycles. The first-order valence-electron chi connectivity index (χ1n) is 6.46. The van der Waals surface area contributed by atoms with Crippen LogP contribution in [0.3, 0.4) is 0 Å². The normalized spacial score (nSPS) is 23.7. The highest BCUT2D eigenvalue weighted by molar-refractivity contribution is 7.15. The van der Waals surface area contributed by atoms with Gasteiger partial charge in [-0.05, 0) is 26.3 Å². The molecule has 1 amide bonds. The topological polar surface area (TPSA) is 57.3 Å². The summed E-state index contributed by atoms with van der Waals surface area (Å²) in [7, 11) is 2.01. The van der Waals surface area contributed by atoms with Crippen molar-refractivity contribution in [3.63, 3.8) is 0 Å². The monoisotopic (exact) mass is 266 g/mol. The van der Waals surface area contributed by atoms with Crippen LogP contribution in [-0.4, -0.2) is 37.6 Å². The molecule has 0 spiro atoms. The lowest BCUT2D eigenvalue weighted by Crippen LogP contribution is -2.47. The van der Waals surface area contributed by atoms with E-state index in [2.05, 4.69) is 15.5 Å². The molecule has 5 nitrogen and oxygen atoms in total. The molecule has 6 heteroatoms. The third kappa shape index (κ3) is 2.10. The standard InChI is InChI=1S/C12H18N4OS/c1-13-8-3-2-4-9-11(8)18-12(15-9)16-6-5-14-10(17)7-16/h8,13H,2-7H2,1H3,(H,14,17). The quantitative estimate of drug-likeness (QED) is 0.826. The molecule has 3 rings (SSSR count). The van der Waals surface area contributed by atoms with E-state index in [1.54, 1.807) is 11.3 Å². The molecule has 1 aromatic rings. The zero-order chi connectivity index (χ0) is 12.5. The molecule has 2 aliphatic rings. The number of anilines is 1. The van der Waals surface area contributed by atoms with E-state index in [1.165, 1.54) is 23.4 Å². The van der Waals surface area contributed by atoms with Gasteiger partial charge in [0.15, 0.2) is 5.13 Å². The van der Waals surface area contributed by atoms with E-state index < -0.39 is 0 Å². The minimum absolute atomic E-state index is 0.0968. The lowest BCUT2D eigenvalue weighted by Gasteiger charge is -2.25. The Hall–Kier alpha value is -1.14. The third-order valence-electron chi connectivity index (χ3n) is 3.60. The Morgan fingerprint density at radius 1 is 1.56 bits per heavy atom. The zero-order valence-corrected chi connectivity index (χ0v) is 11.3. The van der Waals surface area contributed by atoms with Crippen LogP contribution in [0.5, 0.6) is 0 Å². The van der Waals surface area contributed by atoms with Crippen LogP contribution in [0.25, 0.3) is 0 Å². The molecule has 0 aromatic carbocycles. The SMILES string of the molecule is CNC1CCCc2nc(N3CCNC(=O)C3)sc21. The predicted octanol–water partition coefficient (Wildman–Crippen LogP) is 0.676. The number of hydrogen-bond donors (Lipinski definition) is 2. The minimum atomic E-state index is 0.0968. The van der Waals surface area contributed by atoms with Crippen molar-refractivity contribution in [1.29, 1.82) is 0 Å². The van der Waals surface area contributed by atoms with Gasteiger partial charge in [0.25, 0.3) is 0 Å². The average molecular weight is 266 g/mol. The van der Waals surface area contributed by atoms with E-state index in [0.29, 0.717) is 12.6 Å². The number of aromatic nitrogens is 1.